The Balaban J connectivity index is 1.41. The minimum atomic E-state index is -0.592. The molecule has 34 heavy (non-hydrogen) atoms. The predicted octanol–water partition coefficient (Wildman–Crippen LogP) is 4.59. The fraction of sp³-hybridized carbons (Fsp3) is 0.292. The largest absolute Gasteiger partial charge is 0.394 e. The van der Waals surface area contributed by atoms with Crippen LogP contribution in [-0.4, -0.2) is 42.8 Å². The number of halogens is 1. The fourth-order valence-electron chi connectivity index (χ4n) is 3.75. The molecule has 0 radical (unpaired) electrons. The summed E-state index contributed by atoms with van der Waals surface area (Å²) in [5, 5.41) is 23.6. The van der Waals surface area contributed by atoms with Crippen molar-refractivity contribution in [2.45, 2.75) is 38.6 Å². The van der Waals surface area contributed by atoms with Crippen molar-refractivity contribution in [3.8, 4) is 22.0 Å². The van der Waals surface area contributed by atoms with Gasteiger partial charge in [-0.15, -0.1) is 16.4 Å². The number of benzene rings is 1. The van der Waals surface area contributed by atoms with Gasteiger partial charge < -0.3 is 10.4 Å². The van der Waals surface area contributed by atoms with Gasteiger partial charge in [-0.2, -0.15) is 0 Å². The van der Waals surface area contributed by atoms with Gasteiger partial charge in [0.15, 0.2) is 0 Å². The first-order valence-corrected chi connectivity index (χ1v) is 11.8. The average Bonchev–Trinajstić information content (AvgIpc) is 3.35. The highest BCUT2D eigenvalue weighted by atomic mass is 32.1. The molecular weight excluding hydrogens is 455 g/mol. The highest BCUT2D eigenvalue weighted by Gasteiger charge is 2.26. The Labute approximate surface area is 199 Å². The van der Waals surface area contributed by atoms with E-state index in [0.29, 0.717) is 17.4 Å². The van der Waals surface area contributed by atoms with E-state index in [0.717, 1.165) is 16.0 Å². The Morgan fingerprint density at radius 2 is 2.12 bits per heavy atom. The quantitative estimate of drug-likeness (QED) is 0.402. The molecule has 1 aliphatic rings. The summed E-state index contributed by atoms with van der Waals surface area (Å²) < 4.78 is 16.2. The zero-order chi connectivity index (χ0) is 23.8. The number of carbonyl (C=O) groups is 1. The minimum absolute atomic E-state index is 0.0482. The number of nitrogens with one attached hydrogen (secondary N) is 1. The highest BCUT2D eigenvalue weighted by Crippen LogP contribution is 2.45. The number of thiophene rings is 1. The number of pyridine rings is 1. The van der Waals surface area contributed by atoms with Crippen LogP contribution >= 0.6 is 11.3 Å². The Morgan fingerprint density at radius 3 is 2.88 bits per heavy atom. The van der Waals surface area contributed by atoms with Gasteiger partial charge in [-0.1, -0.05) is 6.07 Å². The molecule has 0 spiro atoms. The van der Waals surface area contributed by atoms with Crippen LogP contribution in [0.1, 0.15) is 52.5 Å². The maximum Gasteiger partial charge on any atom is 0.259 e. The van der Waals surface area contributed by atoms with E-state index < -0.39 is 11.7 Å². The third kappa shape index (κ3) is 4.34. The molecule has 1 amide bonds. The van der Waals surface area contributed by atoms with E-state index in [4.69, 9.17) is 0 Å². The summed E-state index contributed by atoms with van der Waals surface area (Å²) in [6.07, 6.45) is 2.43. The summed E-state index contributed by atoms with van der Waals surface area (Å²) in [6, 6.07) is 11.8. The van der Waals surface area contributed by atoms with Crippen LogP contribution in [0.3, 0.4) is 0 Å². The smallest absolute Gasteiger partial charge is 0.259 e. The summed E-state index contributed by atoms with van der Waals surface area (Å²) >= 11 is 1.70. The van der Waals surface area contributed by atoms with E-state index in [1.54, 1.807) is 42.5 Å². The van der Waals surface area contributed by atoms with Crippen molar-refractivity contribution in [3.63, 3.8) is 0 Å². The van der Waals surface area contributed by atoms with Crippen molar-refractivity contribution in [3.05, 3.63) is 64.3 Å². The van der Waals surface area contributed by atoms with Crippen molar-refractivity contribution in [1.29, 1.82) is 0 Å². The molecule has 174 valence electrons. The summed E-state index contributed by atoms with van der Waals surface area (Å²) in [7, 11) is 0. The van der Waals surface area contributed by atoms with E-state index in [-0.39, 0.29) is 24.0 Å². The molecule has 3 heterocycles. The van der Waals surface area contributed by atoms with Gasteiger partial charge >= 0.3 is 0 Å². The van der Waals surface area contributed by atoms with Crippen molar-refractivity contribution in [2.24, 2.45) is 0 Å². The third-order valence-corrected chi connectivity index (χ3v) is 7.11. The van der Waals surface area contributed by atoms with Crippen molar-refractivity contribution in [1.82, 2.24) is 25.2 Å². The number of aliphatic hydroxyl groups excluding tert-OH is 1. The molecule has 2 N–H and O–H groups in total. The summed E-state index contributed by atoms with van der Waals surface area (Å²) in [5.41, 5.74) is 2.00. The molecule has 0 unspecified atom stereocenters. The molecule has 1 aliphatic carbocycles. The summed E-state index contributed by atoms with van der Waals surface area (Å²) in [5.74, 6) is 0.0512. The van der Waals surface area contributed by atoms with E-state index in [1.165, 1.54) is 28.5 Å². The lowest BCUT2D eigenvalue weighted by Crippen LogP contribution is -2.16. The van der Waals surface area contributed by atoms with Crippen LogP contribution in [0.2, 0.25) is 0 Å². The SMILES string of the molecule is Cc1cc(F)c(C(=O)Nc2cccc(-c3nnnn3[C@H](C)CO)n2)cc1-c1ccc(C2CC2)s1. The molecule has 0 bridgehead atoms. The number of hydrogen-bond donors (Lipinski definition) is 2. The first-order valence-electron chi connectivity index (χ1n) is 11.0. The van der Waals surface area contributed by atoms with Crippen LogP contribution in [0.15, 0.2) is 42.5 Å². The van der Waals surface area contributed by atoms with Gasteiger partial charge in [0.1, 0.15) is 17.3 Å². The molecule has 4 aromatic rings. The summed E-state index contributed by atoms with van der Waals surface area (Å²) in [4.78, 5) is 19.8. The molecule has 3 aromatic heterocycles. The van der Waals surface area contributed by atoms with Crippen LogP contribution in [0.4, 0.5) is 10.2 Å². The average molecular weight is 479 g/mol. The van der Waals surface area contributed by atoms with Crippen molar-refractivity contribution in [2.75, 3.05) is 11.9 Å². The second kappa shape index (κ2) is 9.03. The maximum atomic E-state index is 14.8. The molecule has 1 aromatic carbocycles. The Hall–Kier alpha value is -3.50. The van der Waals surface area contributed by atoms with Gasteiger partial charge in [0, 0.05) is 9.75 Å². The van der Waals surface area contributed by atoms with E-state index >= 15 is 0 Å². The monoisotopic (exact) mass is 478 g/mol. The van der Waals surface area contributed by atoms with Gasteiger partial charge in [-0.3, -0.25) is 4.79 Å². The van der Waals surface area contributed by atoms with E-state index in [1.807, 2.05) is 13.0 Å². The lowest BCUT2D eigenvalue weighted by atomic mass is 10.0. The standard InChI is InChI=1S/C24H23FN6O2S/c1-13-10-18(25)17(11-16(13)21-9-8-20(34-21)15-6-7-15)24(33)27-22-5-3-4-19(26-22)23-28-29-30-31(23)14(2)12-32/h3-5,8-11,14-15,32H,6-7,12H2,1-2H3,(H,26,27,33)/t14-/m1/s1. The fourth-order valence-corrected chi connectivity index (χ4v) is 5.00. The van der Waals surface area contributed by atoms with Gasteiger partial charge in [-0.25, -0.2) is 14.1 Å². The second-order valence-corrected chi connectivity index (χ2v) is 9.58. The molecule has 0 saturated heterocycles. The van der Waals surface area contributed by atoms with Crippen LogP contribution in [0, 0.1) is 12.7 Å². The van der Waals surface area contributed by atoms with Crippen LogP contribution in [0.5, 0.6) is 0 Å². The lowest BCUT2D eigenvalue weighted by Gasteiger charge is -2.12. The normalized spacial score (nSPS) is 14.2. The number of rotatable bonds is 7. The second-order valence-electron chi connectivity index (χ2n) is 8.46. The van der Waals surface area contributed by atoms with Crippen molar-refractivity contribution < 1.29 is 14.3 Å². The molecule has 1 fully saturated rings. The molecule has 1 atom stereocenters. The minimum Gasteiger partial charge on any atom is -0.394 e. The zero-order valence-electron chi connectivity index (χ0n) is 18.7. The number of aryl methyl sites for hydroxylation is 1. The van der Waals surface area contributed by atoms with Gasteiger partial charge in [0.2, 0.25) is 5.82 Å². The molecule has 0 aliphatic heterocycles. The third-order valence-electron chi connectivity index (χ3n) is 5.82. The number of amides is 1. The maximum absolute atomic E-state index is 14.8. The molecule has 10 heteroatoms. The first kappa shape index (κ1) is 22.3. The number of aliphatic hydroxyl groups is 1. The van der Waals surface area contributed by atoms with Gasteiger partial charge in [0.05, 0.1) is 18.2 Å². The lowest BCUT2D eigenvalue weighted by molar-refractivity contribution is 0.102. The predicted molar refractivity (Wildman–Crippen MR) is 127 cm³/mol. The van der Waals surface area contributed by atoms with E-state index in [2.05, 4.69) is 31.9 Å². The Kier molecular flexibility index (Phi) is 5.93. The first-order chi connectivity index (χ1) is 16.4. The summed E-state index contributed by atoms with van der Waals surface area (Å²) in [6.45, 7) is 3.47. The topological polar surface area (TPSA) is 106 Å². The molecule has 5 rings (SSSR count). The van der Waals surface area contributed by atoms with Crippen LogP contribution in [-0.2, 0) is 0 Å². The van der Waals surface area contributed by atoms with Crippen LogP contribution < -0.4 is 5.32 Å². The van der Waals surface area contributed by atoms with Gasteiger partial charge in [-0.05, 0) is 90.6 Å². The van der Waals surface area contributed by atoms with Crippen molar-refractivity contribution >= 4 is 23.1 Å². The van der Waals surface area contributed by atoms with E-state index in [9.17, 15) is 14.3 Å². The number of anilines is 1. The highest BCUT2D eigenvalue weighted by molar-refractivity contribution is 7.15. The Bertz CT molecular complexity index is 1360. The molecular formula is C24H23FN6O2S. The zero-order valence-corrected chi connectivity index (χ0v) is 19.5. The number of nitrogens with zero attached hydrogens (tertiary/aromatic N) is 5. The van der Waals surface area contributed by atoms with Crippen LogP contribution in [0.25, 0.3) is 22.0 Å². The molecule has 1 saturated carbocycles. The number of aromatic nitrogens is 5. The number of hydrogen-bond acceptors (Lipinski definition) is 7. The molecule has 8 nitrogen and oxygen atoms in total. The number of carbonyl (C=O) groups excluding carboxylic acids is 1. The number of tetrazole rings is 1. The Morgan fingerprint density at radius 1 is 1.29 bits per heavy atom. The van der Waals surface area contributed by atoms with Gasteiger partial charge in [0.25, 0.3) is 5.91 Å².